The summed E-state index contributed by atoms with van der Waals surface area (Å²) >= 11 is 0. The molecule has 1 rings (SSSR count). The van der Waals surface area contributed by atoms with Crippen LogP contribution in [0.5, 0.6) is 11.5 Å². The predicted octanol–water partition coefficient (Wildman–Crippen LogP) is 1.94. The summed E-state index contributed by atoms with van der Waals surface area (Å²) < 4.78 is 23.1. The van der Waals surface area contributed by atoms with Crippen LogP contribution in [0.3, 0.4) is 0 Å². The molecule has 5 heteroatoms. The molecule has 0 fully saturated rings. The average molecular weight is 226 g/mol. The standard InChI is InChI=1S/C11H11FO4/c1-15-9-6-8(12)5-7(11(9)16-2)3-4-10(13)14/h3-6H,1-2H3,(H,13,14)/b4-3-. The fraction of sp³-hybridized carbons (Fsp3) is 0.182. The van der Waals surface area contributed by atoms with Crippen molar-refractivity contribution in [3.63, 3.8) is 0 Å². The average Bonchev–Trinajstić information content (AvgIpc) is 2.25. The van der Waals surface area contributed by atoms with Crippen molar-refractivity contribution in [3.05, 3.63) is 29.6 Å². The number of ether oxygens (including phenoxy) is 2. The fourth-order valence-electron chi connectivity index (χ4n) is 1.24. The fourth-order valence-corrected chi connectivity index (χ4v) is 1.24. The first-order valence-corrected chi connectivity index (χ1v) is 4.41. The van der Waals surface area contributed by atoms with Gasteiger partial charge in [-0.1, -0.05) is 0 Å². The van der Waals surface area contributed by atoms with Crippen molar-refractivity contribution in [1.82, 2.24) is 0 Å². The van der Waals surface area contributed by atoms with Gasteiger partial charge in [0.1, 0.15) is 5.82 Å². The Bertz CT molecular complexity index is 426. The van der Waals surface area contributed by atoms with Gasteiger partial charge in [-0.25, -0.2) is 9.18 Å². The van der Waals surface area contributed by atoms with E-state index in [1.807, 2.05) is 0 Å². The largest absolute Gasteiger partial charge is 0.493 e. The number of benzene rings is 1. The molecule has 0 unspecified atom stereocenters. The van der Waals surface area contributed by atoms with Crippen molar-refractivity contribution in [3.8, 4) is 11.5 Å². The molecule has 0 bridgehead atoms. The summed E-state index contributed by atoms with van der Waals surface area (Å²) in [5, 5.41) is 8.48. The topological polar surface area (TPSA) is 55.8 Å². The number of hydrogen-bond donors (Lipinski definition) is 1. The highest BCUT2D eigenvalue weighted by atomic mass is 19.1. The number of hydrogen-bond acceptors (Lipinski definition) is 3. The number of halogens is 1. The Morgan fingerprint density at radius 3 is 2.56 bits per heavy atom. The van der Waals surface area contributed by atoms with Crippen LogP contribution in [0.1, 0.15) is 5.56 Å². The van der Waals surface area contributed by atoms with E-state index < -0.39 is 11.8 Å². The summed E-state index contributed by atoms with van der Waals surface area (Å²) in [7, 11) is 2.77. The molecule has 1 N–H and O–H groups in total. The number of rotatable bonds is 4. The third-order valence-electron chi connectivity index (χ3n) is 1.88. The van der Waals surface area contributed by atoms with E-state index in [0.717, 1.165) is 12.1 Å². The number of aliphatic carboxylic acids is 1. The third-order valence-corrected chi connectivity index (χ3v) is 1.88. The molecule has 0 aliphatic rings. The van der Waals surface area contributed by atoms with Crippen LogP contribution in [-0.2, 0) is 4.79 Å². The van der Waals surface area contributed by atoms with Crippen LogP contribution in [0.2, 0.25) is 0 Å². The highest BCUT2D eigenvalue weighted by molar-refractivity contribution is 5.86. The summed E-state index contributed by atoms with van der Waals surface area (Å²) in [5.74, 6) is -1.14. The molecule has 4 nitrogen and oxygen atoms in total. The second-order valence-corrected chi connectivity index (χ2v) is 2.90. The lowest BCUT2D eigenvalue weighted by molar-refractivity contribution is -0.131. The number of carboxylic acids is 1. The molecule has 0 spiro atoms. The van der Waals surface area contributed by atoms with Gasteiger partial charge >= 0.3 is 5.97 Å². The van der Waals surface area contributed by atoms with E-state index in [-0.39, 0.29) is 5.75 Å². The molecule has 86 valence electrons. The lowest BCUT2D eigenvalue weighted by Crippen LogP contribution is -1.95. The van der Waals surface area contributed by atoms with Gasteiger partial charge in [-0.15, -0.1) is 0 Å². The zero-order chi connectivity index (χ0) is 12.1. The molecule has 0 heterocycles. The van der Waals surface area contributed by atoms with E-state index >= 15 is 0 Å². The van der Waals surface area contributed by atoms with E-state index in [0.29, 0.717) is 11.3 Å². The molecule has 16 heavy (non-hydrogen) atoms. The van der Waals surface area contributed by atoms with Gasteiger partial charge in [0.05, 0.1) is 14.2 Å². The highest BCUT2D eigenvalue weighted by Gasteiger charge is 2.10. The summed E-state index contributed by atoms with van der Waals surface area (Å²) in [4.78, 5) is 10.4. The normalized spacial score (nSPS) is 10.4. The lowest BCUT2D eigenvalue weighted by atomic mass is 10.1. The third kappa shape index (κ3) is 2.73. The molecule has 0 radical (unpaired) electrons. The number of carbonyl (C=O) groups is 1. The zero-order valence-corrected chi connectivity index (χ0v) is 8.86. The van der Waals surface area contributed by atoms with E-state index in [1.165, 1.54) is 26.4 Å². The van der Waals surface area contributed by atoms with E-state index in [9.17, 15) is 9.18 Å². The summed E-state index contributed by atoms with van der Waals surface area (Å²) in [6.07, 6.45) is 2.14. The van der Waals surface area contributed by atoms with Crippen LogP contribution in [0.15, 0.2) is 18.2 Å². The minimum Gasteiger partial charge on any atom is -0.493 e. The first-order chi connectivity index (χ1) is 7.58. The van der Waals surface area contributed by atoms with Gasteiger partial charge in [0.15, 0.2) is 11.5 Å². The molecule has 1 aromatic carbocycles. The Labute approximate surface area is 91.9 Å². The van der Waals surface area contributed by atoms with Gasteiger partial charge in [-0.3, -0.25) is 0 Å². The van der Waals surface area contributed by atoms with Gasteiger partial charge in [0.2, 0.25) is 0 Å². The van der Waals surface area contributed by atoms with Gasteiger partial charge in [-0.05, 0) is 12.1 Å². The molecule has 0 aromatic heterocycles. The zero-order valence-electron chi connectivity index (χ0n) is 8.86. The predicted molar refractivity (Wildman–Crippen MR) is 56.2 cm³/mol. The second kappa shape index (κ2) is 5.16. The van der Waals surface area contributed by atoms with Gasteiger partial charge in [0, 0.05) is 17.7 Å². The van der Waals surface area contributed by atoms with Crippen molar-refractivity contribution >= 4 is 12.0 Å². The summed E-state index contributed by atoms with van der Waals surface area (Å²) in [5.41, 5.74) is 0.307. The molecule has 0 saturated carbocycles. The number of carboxylic acid groups (broad SMARTS) is 1. The van der Waals surface area contributed by atoms with Crippen molar-refractivity contribution in [2.24, 2.45) is 0 Å². The maximum atomic E-state index is 13.1. The minimum absolute atomic E-state index is 0.215. The summed E-state index contributed by atoms with van der Waals surface area (Å²) in [6.45, 7) is 0. The number of methoxy groups -OCH3 is 2. The Morgan fingerprint density at radius 2 is 2.06 bits per heavy atom. The first-order valence-electron chi connectivity index (χ1n) is 4.41. The van der Waals surface area contributed by atoms with Crippen molar-refractivity contribution in [2.45, 2.75) is 0 Å². The Morgan fingerprint density at radius 1 is 1.38 bits per heavy atom. The molecule has 0 saturated heterocycles. The Kier molecular flexibility index (Phi) is 3.88. The smallest absolute Gasteiger partial charge is 0.328 e. The Hall–Kier alpha value is -2.04. The quantitative estimate of drug-likeness (QED) is 0.797. The molecule has 0 amide bonds. The van der Waals surface area contributed by atoms with E-state index in [2.05, 4.69) is 0 Å². The van der Waals surface area contributed by atoms with Gasteiger partial charge in [0.25, 0.3) is 0 Å². The summed E-state index contributed by atoms with van der Waals surface area (Å²) in [6, 6.07) is 2.33. The highest BCUT2D eigenvalue weighted by Crippen LogP contribution is 2.32. The van der Waals surface area contributed by atoms with Crippen LogP contribution in [-0.4, -0.2) is 25.3 Å². The van der Waals surface area contributed by atoms with Crippen LogP contribution in [0, 0.1) is 5.82 Å². The van der Waals surface area contributed by atoms with Gasteiger partial charge in [-0.2, -0.15) is 0 Å². The molecular weight excluding hydrogens is 215 g/mol. The van der Waals surface area contributed by atoms with Crippen molar-refractivity contribution in [2.75, 3.05) is 14.2 Å². The van der Waals surface area contributed by atoms with E-state index in [4.69, 9.17) is 14.6 Å². The second-order valence-electron chi connectivity index (χ2n) is 2.90. The molecule has 1 aromatic rings. The molecule has 0 atom stereocenters. The van der Waals surface area contributed by atoms with Crippen molar-refractivity contribution < 1.29 is 23.8 Å². The molecule has 0 aliphatic heterocycles. The van der Waals surface area contributed by atoms with Crippen molar-refractivity contribution in [1.29, 1.82) is 0 Å². The van der Waals surface area contributed by atoms with Gasteiger partial charge < -0.3 is 14.6 Å². The monoisotopic (exact) mass is 226 g/mol. The maximum Gasteiger partial charge on any atom is 0.328 e. The first kappa shape index (κ1) is 12.0. The van der Waals surface area contributed by atoms with Crippen LogP contribution in [0.4, 0.5) is 4.39 Å². The van der Waals surface area contributed by atoms with E-state index in [1.54, 1.807) is 0 Å². The molecular formula is C11H11FO4. The van der Waals surface area contributed by atoms with Crippen LogP contribution >= 0.6 is 0 Å². The lowest BCUT2D eigenvalue weighted by Gasteiger charge is -2.10. The minimum atomic E-state index is -1.12. The SMILES string of the molecule is COc1cc(F)cc(/C=C\C(=O)O)c1OC. The Balaban J connectivity index is 3.25. The van der Waals surface area contributed by atoms with Crippen LogP contribution < -0.4 is 9.47 Å². The molecule has 0 aliphatic carbocycles. The van der Waals surface area contributed by atoms with Crippen LogP contribution in [0.25, 0.3) is 6.08 Å². The maximum absolute atomic E-state index is 13.1.